The fourth-order valence-corrected chi connectivity index (χ4v) is 12.2. The first-order valence-corrected chi connectivity index (χ1v) is 28.6. The molecule has 19 heteroatoms. The lowest BCUT2D eigenvalue weighted by Crippen LogP contribution is -2.64. The molecule has 6 aliphatic heterocycles. The second-order valence-electron chi connectivity index (χ2n) is 20.4. The van der Waals surface area contributed by atoms with Gasteiger partial charge in [0.15, 0.2) is 10.0 Å². The van der Waals surface area contributed by atoms with E-state index in [-0.39, 0.29) is 29.5 Å². The Labute approximate surface area is 462 Å². The second kappa shape index (κ2) is 24.2. The number of piperazine rings is 2. The number of rotatable bonds is 8. The van der Waals surface area contributed by atoms with Crippen molar-refractivity contribution in [3.8, 4) is 0 Å². The Kier molecular flexibility index (Phi) is 16.9. The minimum absolute atomic E-state index is 0.00719. The number of hydrogen-bond donors (Lipinski definition) is 1. The van der Waals surface area contributed by atoms with Gasteiger partial charge in [0.25, 0.3) is 34.8 Å². The highest BCUT2D eigenvalue weighted by atomic mass is 35.5. The van der Waals surface area contributed by atoms with Crippen molar-refractivity contribution in [2.75, 3.05) is 102 Å². The monoisotopic (exact) mass is 1090 g/mol. The van der Waals surface area contributed by atoms with Crippen LogP contribution in [0.4, 0.5) is 11.4 Å². The van der Waals surface area contributed by atoms with Gasteiger partial charge in [-0.2, -0.15) is 0 Å². The Morgan fingerprint density at radius 3 is 1.52 bits per heavy atom. The van der Waals surface area contributed by atoms with Gasteiger partial charge in [0.05, 0.1) is 0 Å². The smallest absolute Gasteiger partial charge is 0.282 e. The summed E-state index contributed by atoms with van der Waals surface area (Å²) < 4.78 is 0. The average Bonchev–Trinajstić information content (AvgIpc) is 4.20. The molecule has 4 aromatic carbocycles. The molecule has 0 atom stereocenters. The Morgan fingerprint density at radius 1 is 0.519 bits per heavy atom. The number of likely N-dealkylation sites (tertiary alicyclic amines) is 2. The van der Waals surface area contributed by atoms with Crippen molar-refractivity contribution in [2.24, 2.45) is 0 Å². The number of nitrogens with one attached hydrogen (secondary N) is 1. The number of amides is 5. The normalized spacial score (nSPS) is 17.7. The zero-order valence-electron chi connectivity index (χ0n) is 43.4. The van der Waals surface area contributed by atoms with E-state index in [1.54, 1.807) is 24.5 Å². The molecule has 0 bridgehead atoms. The van der Waals surface area contributed by atoms with Crippen LogP contribution in [0.15, 0.2) is 108 Å². The third kappa shape index (κ3) is 12.5. The number of anilines is 2. The average molecular weight is 1100 g/mol. The van der Waals surface area contributed by atoms with E-state index in [4.69, 9.17) is 11.6 Å². The molecule has 0 saturated carbocycles. The van der Waals surface area contributed by atoms with Gasteiger partial charge in [-0.3, -0.25) is 38.6 Å². The molecule has 1 N–H and O–H groups in total. The molecule has 6 aromatic rings. The lowest BCUT2D eigenvalue weighted by atomic mass is 9.96. The van der Waals surface area contributed by atoms with E-state index in [2.05, 4.69) is 31.2 Å². The summed E-state index contributed by atoms with van der Waals surface area (Å²) in [5.41, 5.74) is 9.22. The minimum atomic E-state index is -0.399. The molecule has 8 heterocycles. The summed E-state index contributed by atoms with van der Waals surface area (Å²) in [6.45, 7) is 14.7. The number of fused-ring (bicyclic) bond motifs is 2. The first kappa shape index (κ1) is 53.6. The summed E-state index contributed by atoms with van der Waals surface area (Å²) in [6.07, 6.45) is 7.24. The second-order valence-corrected chi connectivity index (χ2v) is 22.5. The topological polar surface area (TPSA) is 163 Å². The van der Waals surface area contributed by atoms with Gasteiger partial charge < -0.3 is 29.8 Å². The highest BCUT2D eigenvalue weighted by Crippen LogP contribution is 2.32. The van der Waals surface area contributed by atoms with Gasteiger partial charge in [-0.15, -0.1) is 22.7 Å². The quantitative estimate of drug-likeness (QED) is 0.150. The molecule has 5 amide bonds. The van der Waals surface area contributed by atoms with Crippen molar-refractivity contribution in [3.05, 3.63) is 163 Å². The number of hydrogen-bond acceptors (Lipinski definition) is 13. The van der Waals surface area contributed by atoms with E-state index in [0.29, 0.717) is 71.5 Å². The molecule has 4 fully saturated rings. The van der Waals surface area contributed by atoms with Crippen LogP contribution < -0.4 is 10.2 Å². The summed E-state index contributed by atoms with van der Waals surface area (Å²) >= 11 is 8.01. The maximum absolute atomic E-state index is 13.3. The van der Waals surface area contributed by atoms with Crippen LogP contribution in [-0.2, 0) is 12.8 Å². The zero-order chi connectivity index (χ0) is 53.6. The lowest BCUT2D eigenvalue weighted by molar-refractivity contribution is 0.00806. The fraction of sp³-hybridized carbons (Fsp3) is 0.379. The third-order valence-corrected chi connectivity index (χ3v) is 17.0. The molecule has 16 nitrogen and oxygen atoms in total. The van der Waals surface area contributed by atoms with Crippen LogP contribution in [0.5, 0.6) is 0 Å². The van der Waals surface area contributed by atoms with Crippen LogP contribution >= 0.6 is 34.3 Å². The maximum Gasteiger partial charge on any atom is 0.282 e. The summed E-state index contributed by atoms with van der Waals surface area (Å²) in [5, 5.41) is 7.77. The van der Waals surface area contributed by atoms with E-state index in [1.165, 1.54) is 33.9 Å². The number of carbonyl (C=O) groups is 6. The predicted octanol–water partition coefficient (Wildman–Crippen LogP) is 7.48. The van der Waals surface area contributed by atoms with Gasteiger partial charge in [-0.1, -0.05) is 41.5 Å². The maximum atomic E-state index is 13.3. The number of thiazole rings is 2. The number of nitrogens with zero attached hydrogens (tertiary/aromatic N) is 9. The molecule has 0 unspecified atom stereocenters. The van der Waals surface area contributed by atoms with Crippen molar-refractivity contribution in [2.45, 2.75) is 51.6 Å². The molecule has 6 aliphatic rings. The van der Waals surface area contributed by atoms with Gasteiger partial charge in [0.1, 0.15) is 0 Å². The SMILES string of the molecule is Cc1cccc(C(=O)Cl)c1.Cc1cccc(C(=O)N2CCCc3cc(C(=O)N4CC(N5CCN(C(=O)c6nccs6)CC5)C4)ccc32)c1.O=C(c1ccc2c(c1)CCCN2)N1CC(N2CCN(C(=O)c3nccs3)CC2)C1. The van der Waals surface area contributed by atoms with Crippen LogP contribution in [0.1, 0.15) is 96.1 Å². The lowest BCUT2D eigenvalue weighted by Gasteiger charge is -2.48. The molecule has 4 saturated heterocycles. The Hall–Kier alpha value is -6.83. The number of aryl methyl sites for hydroxylation is 4. The Bertz CT molecular complexity index is 3110. The van der Waals surface area contributed by atoms with Gasteiger partial charge in [-0.25, -0.2) is 9.97 Å². The molecule has 0 aliphatic carbocycles. The van der Waals surface area contributed by atoms with Gasteiger partial charge >= 0.3 is 0 Å². The number of benzene rings is 4. The number of aromatic nitrogens is 2. The van der Waals surface area contributed by atoms with Crippen molar-refractivity contribution in [3.63, 3.8) is 0 Å². The van der Waals surface area contributed by atoms with E-state index in [9.17, 15) is 28.8 Å². The summed E-state index contributed by atoms with van der Waals surface area (Å²) in [6, 6.07) is 27.4. The molecule has 400 valence electrons. The molecule has 0 radical (unpaired) electrons. The standard InChI is InChI=1S/C29H31N5O3S.C21H25N5O2S.C8H7ClO/c1-20-4-2-5-22(16-20)28(36)34-10-3-6-21-17-23(7-8-25(21)34)27(35)33-18-24(19-33)31-11-13-32(14-12-31)29(37)26-30-9-15-38-26;27-20(16-3-4-18-15(12-16)2-1-5-22-18)26-13-17(14-26)24-7-9-25(10-8-24)21(28)19-23-6-11-29-19;1-6-3-2-4-7(5-6)8(9)10/h2,4-5,7-9,15-17,24H,3,6,10-14,18-19H2,1H3;3-4,6,11-12,17,22H,1-2,5,7-10,13-14H2;2-5H,1H3. The van der Waals surface area contributed by atoms with Crippen LogP contribution in [0.25, 0.3) is 0 Å². The molecular formula is C58H63ClN10O6S2. The van der Waals surface area contributed by atoms with Crippen molar-refractivity contribution < 1.29 is 28.8 Å². The first-order chi connectivity index (χ1) is 37.4. The zero-order valence-corrected chi connectivity index (χ0v) is 45.8. The first-order valence-electron chi connectivity index (χ1n) is 26.5. The van der Waals surface area contributed by atoms with Crippen molar-refractivity contribution >= 4 is 80.4 Å². The summed E-state index contributed by atoms with van der Waals surface area (Å²) in [5.74, 6) is 0.229. The van der Waals surface area contributed by atoms with Crippen molar-refractivity contribution in [1.82, 2.24) is 39.4 Å². The number of carbonyl (C=O) groups excluding carboxylic acids is 6. The molecule has 12 rings (SSSR count). The van der Waals surface area contributed by atoms with E-state index in [0.717, 1.165) is 113 Å². The Morgan fingerprint density at radius 2 is 1.01 bits per heavy atom. The van der Waals surface area contributed by atoms with E-state index >= 15 is 0 Å². The highest BCUT2D eigenvalue weighted by Gasteiger charge is 2.39. The summed E-state index contributed by atoms with van der Waals surface area (Å²) in [4.78, 5) is 97.4. The predicted molar refractivity (Wildman–Crippen MR) is 301 cm³/mol. The Balaban J connectivity index is 0.000000152. The minimum Gasteiger partial charge on any atom is -0.385 e. The van der Waals surface area contributed by atoms with E-state index < -0.39 is 5.24 Å². The van der Waals surface area contributed by atoms with Gasteiger partial charge in [0, 0.05) is 160 Å². The molecular weight excluding hydrogens is 1030 g/mol. The van der Waals surface area contributed by atoms with Crippen molar-refractivity contribution in [1.29, 1.82) is 0 Å². The van der Waals surface area contributed by atoms with Crippen LogP contribution in [0, 0.1) is 13.8 Å². The third-order valence-electron chi connectivity index (χ3n) is 15.3. The summed E-state index contributed by atoms with van der Waals surface area (Å²) in [7, 11) is 0. The highest BCUT2D eigenvalue weighted by molar-refractivity contribution is 7.11. The van der Waals surface area contributed by atoms with Crippen LogP contribution in [-0.4, -0.2) is 178 Å². The van der Waals surface area contributed by atoms with E-state index in [1.807, 2.05) is 116 Å². The fourth-order valence-electron chi connectivity index (χ4n) is 10.8. The van der Waals surface area contributed by atoms with Crippen LogP contribution in [0.3, 0.4) is 0 Å². The molecule has 77 heavy (non-hydrogen) atoms. The molecule has 2 aromatic heterocycles. The largest absolute Gasteiger partial charge is 0.385 e. The van der Waals surface area contributed by atoms with Gasteiger partial charge in [0.2, 0.25) is 0 Å². The molecule has 0 spiro atoms. The number of halogens is 1. The van der Waals surface area contributed by atoms with Gasteiger partial charge in [-0.05, 0) is 117 Å². The van der Waals surface area contributed by atoms with Crippen LogP contribution in [0.2, 0.25) is 0 Å².